The summed E-state index contributed by atoms with van der Waals surface area (Å²) >= 11 is 0. The summed E-state index contributed by atoms with van der Waals surface area (Å²) in [4.78, 5) is 11.9. The number of hydrogen-bond acceptors (Lipinski definition) is 5. The molecule has 3 rings (SSSR count). The minimum atomic E-state index is -0.801. The third-order valence-corrected chi connectivity index (χ3v) is 4.00. The highest BCUT2D eigenvalue weighted by Crippen LogP contribution is 2.26. The molecule has 0 fully saturated rings. The van der Waals surface area contributed by atoms with E-state index in [0.717, 1.165) is 22.6 Å². The van der Waals surface area contributed by atoms with Crippen molar-refractivity contribution < 1.29 is 14.3 Å². The topological polar surface area (TPSA) is 77.1 Å². The molecule has 3 aromatic rings. The van der Waals surface area contributed by atoms with E-state index in [2.05, 4.69) is 5.10 Å². The SMILES string of the molecule is COc1ccc(-c2nn(-c3ccccc3)cc2/C=C/C(=O)O[C@@H](C)C#N)cc1. The van der Waals surface area contributed by atoms with Crippen LogP contribution in [0.5, 0.6) is 5.75 Å². The molecule has 0 bridgehead atoms. The lowest BCUT2D eigenvalue weighted by atomic mass is 10.1. The number of benzene rings is 2. The van der Waals surface area contributed by atoms with Crippen molar-refractivity contribution >= 4 is 12.0 Å². The van der Waals surface area contributed by atoms with Gasteiger partial charge in [0.15, 0.2) is 6.10 Å². The van der Waals surface area contributed by atoms with Gasteiger partial charge in [-0.1, -0.05) is 18.2 Å². The van der Waals surface area contributed by atoms with Gasteiger partial charge in [0, 0.05) is 23.4 Å². The largest absolute Gasteiger partial charge is 0.497 e. The summed E-state index contributed by atoms with van der Waals surface area (Å²) in [7, 11) is 1.61. The molecule has 6 heteroatoms. The Morgan fingerprint density at radius 2 is 1.89 bits per heavy atom. The van der Waals surface area contributed by atoms with Crippen LogP contribution in [-0.4, -0.2) is 29.0 Å². The number of para-hydroxylation sites is 1. The van der Waals surface area contributed by atoms with E-state index < -0.39 is 12.1 Å². The van der Waals surface area contributed by atoms with Gasteiger partial charge in [-0.25, -0.2) is 9.48 Å². The molecule has 0 radical (unpaired) electrons. The predicted molar refractivity (Wildman–Crippen MR) is 106 cm³/mol. The maximum Gasteiger partial charge on any atom is 0.332 e. The first-order chi connectivity index (χ1) is 13.6. The van der Waals surface area contributed by atoms with Crippen LogP contribution in [0.1, 0.15) is 12.5 Å². The summed E-state index contributed by atoms with van der Waals surface area (Å²) in [6, 6.07) is 19.1. The Morgan fingerprint density at radius 1 is 1.18 bits per heavy atom. The molecule has 0 saturated carbocycles. The van der Waals surface area contributed by atoms with Crippen LogP contribution in [0.4, 0.5) is 0 Å². The van der Waals surface area contributed by atoms with Gasteiger partial charge in [-0.05, 0) is 49.4 Å². The van der Waals surface area contributed by atoms with E-state index in [1.54, 1.807) is 17.9 Å². The highest BCUT2D eigenvalue weighted by Gasteiger charge is 2.12. The van der Waals surface area contributed by atoms with Gasteiger partial charge < -0.3 is 9.47 Å². The molecule has 0 amide bonds. The predicted octanol–water partition coefficient (Wildman–Crippen LogP) is 4.02. The summed E-state index contributed by atoms with van der Waals surface area (Å²) in [6.45, 7) is 1.52. The van der Waals surface area contributed by atoms with Gasteiger partial charge in [0.05, 0.1) is 18.5 Å². The summed E-state index contributed by atoms with van der Waals surface area (Å²) in [5.74, 6) is 0.166. The number of esters is 1. The molecule has 1 heterocycles. The molecule has 140 valence electrons. The Morgan fingerprint density at radius 3 is 2.54 bits per heavy atom. The fraction of sp³-hybridized carbons (Fsp3) is 0.136. The zero-order valence-electron chi connectivity index (χ0n) is 15.6. The number of carbonyl (C=O) groups is 1. The third kappa shape index (κ3) is 4.46. The number of ether oxygens (including phenoxy) is 2. The first-order valence-electron chi connectivity index (χ1n) is 8.68. The molecule has 0 unspecified atom stereocenters. The van der Waals surface area contributed by atoms with Gasteiger partial charge in [-0.3, -0.25) is 0 Å². The van der Waals surface area contributed by atoms with Crippen molar-refractivity contribution in [1.29, 1.82) is 5.26 Å². The molecular weight excluding hydrogens is 354 g/mol. The molecular formula is C22H19N3O3. The second kappa shape index (κ2) is 8.69. The Balaban J connectivity index is 1.97. The molecule has 28 heavy (non-hydrogen) atoms. The van der Waals surface area contributed by atoms with E-state index >= 15 is 0 Å². The van der Waals surface area contributed by atoms with Gasteiger partial charge in [-0.15, -0.1) is 0 Å². The van der Waals surface area contributed by atoms with Crippen LogP contribution in [0.15, 0.2) is 66.9 Å². The smallest absolute Gasteiger partial charge is 0.332 e. The summed E-state index contributed by atoms with van der Waals surface area (Å²) in [5, 5.41) is 13.4. The van der Waals surface area contributed by atoms with E-state index in [4.69, 9.17) is 14.7 Å². The number of hydrogen-bond donors (Lipinski definition) is 0. The van der Waals surface area contributed by atoms with Crippen molar-refractivity contribution in [2.45, 2.75) is 13.0 Å². The number of aromatic nitrogens is 2. The summed E-state index contributed by atoms with van der Waals surface area (Å²) < 4.78 is 11.9. The van der Waals surface area contributed by atoms with Gasteiger partial charge >= 0.3 is 5.97 Å². The number of carbonyl (C=O) groups excluding carboxylic acids is 1. The zero-order chi connectivity index (χ0) is 19.9. The van der Waals surface area contributed by atoms with E-state index in [1.165, 1.54) is 13.0 Å². The van der Waals surface area contributed by atoms with Crippen molar-refractivity contribution in [3.63, 3.8) is 0 Å². The molecule has 0 aliphatic heterocycles. The van der Waals surface area contributed by atoms with Gasteiger partial charge in [-0.2, -0.15) is 10.4 Å². The lowest BCUT2D eigenvalue weighted by Crippen LogP contribution is -2.10. The average molecular weight is 373 g/mol. The van der Waals surface area contributed by atoms with Crippen molar-refractivity contribution in [3.05, 3.63) is 72.4 Å². The molecule has 0 saturated heterocycles. The van der Waals surface area contributed by atoms with Crippen molar-refractivity contribution in [2.24, 2.45) is 0 Å². The highest BCUT2D eigenvalue weighted by atomic mass is 16.5. The fourth-order valence-electron chi connectivity index (χ4n) is 2.59. The van der Waals surface area contributed by atoms with E-state index in [9.17, 15) is 4.79 Å². The van der Waals surface area contributed by atoms with Crippen LogP contribution in [0.2, 0.25) is 0 Å². The number of nitriles is 1. The summed E-state index contributed by atoms with van der Waals surface area (Å²) in [6.07, 6.45) is 3.98. The fourth-order valence-corrected chi connectivity index (χ4v) is 2.59. The first-order valence-corrected chi connectivity index (χ1v) is 8.68. The number of rotatable bonds is 6. The monoisotopic (exact) mass is 373 g/mol. The Labute approximate surface area is 163 Å². The Hall–Kier alpha value is -3.85. The molecule has 0 aliphatic rings. The lowest BCUT2D eigenvalue weighted by Gasteiger charge is -2.03. The maximum absolute atomic E-state index is 11.9. The van der Waals surface area contributed by atoms with E-state index in [1.807, 2.05) is 66.9 Å². The minimum absolute atomic E-state index is 0.581. The van der Waals surface area contributed by atoms with Gasteiger partial charge in [0.2, 0.25) is 0 Å². The highest BCUT2D eigenvalue weighted by molar-refractivity contribution is 5.89. The first kappa shape index (κ1) is 18.9. The van der Waals surface area contributed by atoms with Crippen LogP contribution in [0.25, 0.3) is 23.0 Å². The molecule has 1 aromatic heterocycles. The standard InChI is InChI=1S/C22H19N3O3/c1-16(14-23)28-21(26)13-10-18-15-25(19-6-4-3-5-7-19)24-22(18)17-8-11-20(27-2)12-9-17/h3-13,15-16H,1-2H3/b13-10+/t16-/m0/s1. The van der Waals surface area contributed by atoms with Crippen LogP contribution < -0.4 is 4.74 Å². The molecule has 0 aliphatic carbocycles. The molecule has 1 atom stereocenters. The second-order valence-electron chi connectivity index (χ2n) is 5.98. The van der Waals surface area contributed by atoms with E-state index in [0.29, 0.717) is 5.69 Å². The minimum Gasteiger partial charge on any atom is -0.497 e. The molecule has 6 nitrogen and oxygen atoms in total. The normalized spacial score (nSPS) is 11.8. The molecule has 0 spiro atoms. The lowest BCUT2D eigenvalue weighted by molar-refractivity contribution is -0.139. The van der Waals surface area contributed by atoms with Crippen LogP contribution in [0.3, 0.4) is 0 Å². The zero-order valence-corrected chi connectivity index (χ0v) is 15.6. The van der Waals surface area contributed by atoms with Crippen LogP contribution in [0, 0.1) is 11.3 Å². The maximum atomic E-state index is 11.9. The quantitative estimate of drug-likeness (QED) is 0.482. The molecule has 0 N–H and O–H groups in total. The van der Waals surface area contributed by atoms with Crippen molar-refractivity contribution in [1.82, 2.24) is 9.78 Å². The Bertz CT molecular complexity index is 1020. The third-order valence-electron chi connectivity index (χ3n) is 4.00. The van der Waals surface area contributed by atoms with Crippen LogP contribution >= 0.6 is 0 Å². The number of methoxy groups -OCH3 is 1. The van der Waals surface area contributed by atoms with Gasteiger partial charge in [0.1, 0.15) is 11.8 Å². The van der Waals surface area contributed by atoms with Gasteiger partial charge in [0.25, 0.3) is 0 Å². The van der Waals surface area contributed by atoms with Crippen LogP contribution in [-0.2, 0) is 9.53 Å². The second-order valence-corrected chi connectivity index (χ2v) is 5.98. The van der Waals surface area contributed by atoms with Crippen molar-refractivity contribution in [2.75, 3.05) is 7.11 Å². The molecule has 2 aromatic carbocycles. The average Bonchev–Trinajstić information content (AvgIpc) is 3.17. The Kier molecular flexibility index (Phi) is 5.87. The summed E-state index contributed by atoms with van der Waals surface area (Å²) in [5.41, 5.74) is 3.24. The van der Waals surface area contributed by atoms with Crippen molar-refractivity contribution in [3.8, 4) is 28.8 Å². The number of nitrogens with zero attached hydrogens (tertiary/aromatic N) is 3. The van der Waals surface area contributed by atoms with E-state index in [-0.39, 0.29) is 0 Å².